The molecule has 0 spiro atoms. The summed E-state index contributed by atoms with van der Waals surface area (Å²) in [5.41, 5.74) is 1.08. The third-order valence-corrected chi connectivity index (χ3v) is 2.68. The molecule has 0 N–H and O–H groups in total. The maximum Gasteiger partial charge on any atom is 0.233 e. The van der Waals surface area contributed by atoms with E-state index in [0.717, 1.165) is 18.8 Å². The summed E-state index contributed by atoms with van der Waals surface area (Å²) in [6.07, 6.45) is 1.18. The number of hydrogen-bond donors (Lipinski definition) is 0. The van der Waals surface area contributed by atoms with Crippen molar-refractivity contribution < 1.29 is 4.74 Å². The van der Waals surface area contributed by atoms with Gasteiger partial charge < -0.3 is 9.64 Å². The fraction of sp³-hybridized carbons (Fsp3) is 0.600. The second kappa shape index (κ2) is 3.92. The molecule has 0 bridgehead atoms. The third-order valence-electron chi connectivity index (χ3n) is 2.68. The van der Waals surface area contributed by atoms with Gasteiger partial charge in [-0.2, -0.15) is 5.10 Å². The Morgan fingerprint density at radius 1 is 1.43 bits per heavy atom. The quantitative estimate of drug-likeness (QED) is 0.699. The number of likely N-dealkylation sites (tertiary alicyclic amines) is 1. The van der Waals surface area contributed by atoms with E-state index >= 15 is 0 Å². The van der Waals surface area contributed by atoms with Crippen LogP contribution in [0.25, 0.3) is 0 Å². The molecule has 4 heteroatoms. The zero-order valence-electron chi connectivity index (χ0n) is 8.60. The van der Waals surface area contributed by atoms with E-state index in [4.69, 9.17) is 4.74 Å². The van der Waals surface area contributed by atoms with Crippen LogP contribution in [0.5, 0.6) is 5.88 Å². The van der Waals surface area contributed by atoms with Gasteiger partial charge >= 0.3 is 0 Å². The van der Waals surface area contributed by atoms with E-state index in [-0.39, 0.29) is 0 Å². The van der Waals surface area contributed by atoms with Crippen molar-refractivity contribution in [3.8, 4) is 5.88 Å². The first kappa shape index (κ1) is 9.40. The molecule has 14 heavy (non-hydrogen) atoms. The van der Waals surface area contributed by atoms with E-state index < -0.39 is 0 Å². The lowest BCUT2D eigenvalue weighted by Gasteiger charge is -2.09. The van der Waals surface area contributed by atoms with Gasteiger partial charge in [0, 0.05) is 18.5 Å². The predicted octanol–water partition coefficient (Wildman–Crippen LogP) is 0.904. The fourth-order valence-corrected chi connectivity index (χ4v) is 1.83. The zero-order valence-corrected chi connectivity index (χ0v) is 8.60. The van der Waals surface area contributed by atoms with Crippen LogP contribution in [-0.2, 0) is 0 Å². The van der Waals surface area contributed by atoms with Gasteiger partial charge in [0.25, 0.3) is 0 Å². The molecule has 1 atom stereocenters. The van der Waals surface area contributed by atoms with Crippen LogP contribution in [0.3, 0.4) is 0 Å². The summed E-state index contributed by atoms with van der Waals surface area (Å²) in [6, 6.07) is 3.89. The molecule has 1 aliphatic rings. The maximum absolute atomic E-state index is 4.97. The number of nitrogens with zero attached hydrogens (tertiary/aromatic N) is 3. The van der Waals surface area contributed by atoms with Gasteiger partial charge in [-0.05, 0) is 26.1 Å². The van der Waals surface area contributed by atoms with Crippen LogP contribution in [0.15, 0.2) is 12.1 Å². The Bertz CT molecular complexity index is 299. The Hall–Kier alpha value is -1.16. The average molecular weight is 193 g/mol. The summed E-state index contributed by atoms with van der Waals surface area (Å²) in [5.74, 6) is 1.12. The van der Waals surface area contributed by atoms with Crippen LogP contribution in [0.2, 0.25) is 0 Å². The average Bonchev–Trinajstić information content (AvgIpc) is 2.65. The molecule has 0 radical (unpaired) electrons. The monoisotopic (exact) mass is 193 g/mol. The number of ether oxygens (including phenoxy) is 1. The van der Waals surface area contributed by atoms with E-state index in [1.807, 2.05) is 12.1 Å². The first-order chi connectivity index (χ1) is 6.79. The van der Waals surface area contributed by atoms with Crippen LogP contribution in [-0.4, -0.2) is 42.3 Å². The van der Waals surface area contributed by atoms with Crippen molar-refractivity contribution in [3.63, 3.8) is 0 Å². The third kappa shape index (κ3) is 1.85. The first-order valence-corrected chi connectivity index (χ1v) is 4.86. The summed E-state index contributed by atoms with van der Waals surface area (Å²) >= 11 is 0. The smallest absolute Gasteiger partial charge is 0.233 e. The number of hydrogen-bond acceptors (Lipinski definition) is 4. The van der Waals surface area contributed by atoms with Gasteiger partial charge in [-0.15, -0.1) is 5.10 Å². The fourth-order valence-electron chi connectivity index (χ4n) is 1.83. The predicted molar refractivity (Wildman–Crippen MR) is 53.4 cm³/mol. The number of rotatable bonds is 2. The van der Waals surface area contributed by atoms with Crippen LogP contribution in [0, 0.1) is 0 Å². The number of likely N-dealkylation sites (N-methyl/N-ethyl adjacent to an activating group) is 1. The highest BCUT2D eigenvalue weighted by atomic mass is 16.5. The molecule has 1 aliphatic heterocycles. The molecule has 2 heterocycles. The van der Waals surface area contributed by atoms with Gasteiger partial charge in [0.15, 0.2) is 0 Å². The Morgan fingerprint density at radius 2 is 2.29 bits per heavy atom. The van der Waals surface area contributed by atoms with Gasteiger partial charge in [0.2, 0.25) is 5.88 Å². The minimum atomic E-state index is 0.540. The maximum atomic E-state index is 4.97. The summed E-state index contributed by atoms with van der Waals surface area (Å²) in [7, 11) is 3.74. The summed E-state index contributed by atoms with van der Waals surface area (Å²) in [5, 5.41) is 8.14. The van der Waals surface area contributed by atoms with E-state index in [0.29, 0.717) is 11.8 Å². The lowest BCUT2D eigenvalue weighted by Crippen LogP contribution is -2.13. The van der Waals surface area contributed by atoms with Gasteiger partial charge in [0.05, 0.1) is 12.8 Å². The molecule has 1 saturated heterocycles. The van der Waals surface area contributed by atoms with Crippen LogP contribution >= 0.6 is 0 Å². The van der Waals surface area contributed by atoms with Crippen LogP contribution < -0.4 is 4.74 Å². The van der Waals surface area contributed by atoms with Gasteiger partial charge in [-0.1, -0.05) is 0 Å². The molecule has 1 aromatic heterocycles. The van der Waals surface area contributed by atoms with Crippen molar-refractivity contribution >= 4 is 0 Å². The Morgan fingerprint density at radius 3 is 2.79 bits per heavy atom. The van der Waals surface area contributed by atoms with Crippen molar-refractivity contribution in [1.29, 1.82) is 0 Å². The SMILES string of the molecule is COc1ccc(C2CCN(C)C2)nn1. The molecule has 4 nitrogen and oxygen atoms in total. The molecular formula is C10H15N3O. The van der Waals surface area contributed by atoms with E-state index in [9.17, 15) is 0 Å². The zero-order chi connectivity index (χ0) is 9.97. The Balaban J connectivity index is 2.09. The summed E-state index contributed by atoms with van der Waals surface area (Å²) in [4.78, 5) is 2.32. The molecule has 1 aromatic rings. The molecular weight excluding hydrogens is 178 g/mol. The lowest BCUT2D eigenvalue weighted by atomic mass is 10.1. The number of aromatic nitrogens is 2. The second-order valence-corrected chi connectivity index (χ2v) is 3.75. The minimum Gasteiger partial charge on any atom is -0.480 e. The van der Waals surface area contributed by atoms with Gasteiger partial charge in [-0.25, -0.2) is 0 Å². The van der Waals surface area contributed by atoms with Crippen molar-refractivity contribution in [2.75, 3.05) is 27.2 Å². The highest BCUT2D eigenvalue weighted by Crippen LogP contribution is 2.24. The van der Waals surface area contributed by atoms with E-state index in [2.05, 4.69) is 22.1 Å². The lowest BCUT2D eigenvalue weighted by molar-refractivity contribution is 0.389. The van der Waals surface area contributed by atoms with Crippen molar-refractivity contribution in [2.24, 2.45) is 0 Å². The van der Waals surface area contributed by atoms with Crippen LogP contribution in [0.4, 0.5) is 0 Å². The standard InChI is InChI=1S/C10H15N3O/c1-13-6-5-8(7-13)9-3-4-10(14-2)12-11-9/h3-4,8H,5-7H2,1-2H3. The topological polar surface area (TPSA) is 38.2 Å². The number of methoxy groups -OCH3 is 1. The summed E-state index contributed by atoms with van der Waals surface area (Å²) < 4.78 is 4.97. The second-order valence-electron chi connectivity index (χ2n) is 3.75. The van der Waals surface area contributed by atoms with Gasteiger partial charge in [0.1, 0.15) is 0 Å². The van der Waals surface area contributed by atoms with Gasteiger partial charge in [-0.3, -0.25) is 0 Å². The minimum absolute atomic E-state index is 0.540. The molecule has 2 rings (SSSR count). The van der Waals surface area contributed by atoms with E-state index in [1.54, 1.807) is 7.11 Å². The first-order valence-electron chi connectivity index (χ1n) is 4.86. The molecule has 0 aromatic carbocycles. The molecule has 0 amide bonds. The normalized spacial score (nSPS) is 22.6. The largest absolute Gasteiger partial charge is 0.480 e. The summed E-state index contributed by atoms with van der Waals surface area (Å²) in [6.45, 7) is 2.24. The van der Waals surface area contributed by atoms with Crippen molar-refractivity contribution in [3.05, 3.63) is 17.8 Å². The Labute approximate surface area is 83.9 Å². The molecule has 0 saturated carbocycles. The molecule has 0 aliphatic carbocycles. The Kier molecular flexibility index (Phi) is 2.63. The highest BCUT2D eigenvalue weighted by molar-refractivity contribution is 5.15. The van der Waals surface area contributed by atoms with Crippen molar-refractivity contribution in [2.45, 2.75) is 12.3 Å². The van der Waals surface area contributed by atoms with Crippen LogP contribution in [0.1, 0.15) is 18.0 Å². The molecule has 76 valence electrons. The van der Waals surface area contributed by atoms with Crippen molar-refractivity contribution in [1.82, 2.24) is 15.1 Å². The van der Waals surface area contributed by atoms with E-state index in [1.165, 1.54) is 6.42 Å². The highest BCUT2D eigenvalue weighted by Gasteiger charge is 2.22. The molecule has 1 fully saturated rings. The molecule has 1 unspecified atom stereocenters.